The topological polar surface area (TPSA) is 121 Å². The van der Waals surface area contributed by atoms with Crippen molar-refractivity contribution in [2.75, 3.05) is 0 Å². The van der Waals surface area contributed by atoms with Crippen LogP contribution in [0.3, 0.4) is 0 Å². The molecule has 0 aliphatic carbocycles. The highest BCUT2D eigenvalue weighted by atomic mass is 79.9. The summed E-state index contributed by atoms with van der Waals surface area (Å²) in [5, 5.41) is 18.7. The zero-order chi connectivity index (χ0) is 38.3. The summed E-state index contributed by atoms with van der Waals surface area (Å²) in [7, 11) is 0. The van der Waals surface area contributed by atoms with Crippen molar-refractivity contribution in [3.63, 3.8) is 0 Å². The molecule has 6 aromatic rings. The van der Waals surface area contributed by atoms with Crippen molar-refractivity contribution in [2.45, 2.75) is 0 Å². The molecule has 0 amide bonds. The highest BCUT2D eigenvalue weighted by Crippen LogP contribution is 2.49. The first-order chi connectivity index (χ1) is 26.9. The number of aromatic amines is 1. The Morgan fingerprint density at radius 2 is 1.11 bits per heavy atom. The van der Waals surface area contributed by atoms with Gasteiger partial charge in [-0.25, -0.2) is 14.7 Å². The lowest BCUT2D eigenvalue weighted by Crippen LogP contribution is -2.07. The molecule has 0 saturated heterocycles. The third-order valence-corrected chi connectivity index (χ3v) is 9.42. The molecule has 1 aliphatic rings. The first kappa shape index (κ1) is 36.0. The Kier molecular flexibility index (Phi) is 10.6. The Balaban J connectivity index is 1.45. The van der Waals surface area contributed by atoms with Crippen molar-refractivity contribution in [2.24, 2.45) is 4.99 Å². The lowest BCUT2D eigenvalue weighted by Gasteiger charge is -2.15. The molecule has 0 fully saturated rings. The molecule has 0 bridgehead atoms. The minimum absolute atomic E-state index is 0.177. The van der Waals surface area contributed by atoms with Gasteiger partial charge in [0.25, 0.3) is 0 Å². The van der Waals surface area contributed by atoms with Gasteiger partial charge in [0.1, 0.15) is 37.7 Å². The van der Waals surface area contributed by atoms with E-state index in [0.29, 0.717) is 88.8 Å². The van der Waals surface area contributed by atoms with Crippen LogP contribution in [0.2, 0.25) is 0 Å². The number of benzene rings is 5. The van der Waals surface area contributed by atoms with E-state index < -0.39 is 0 Å². The molecular weight excluding hydrogens is 824 g/mol. The van der Waals surface area contributed by atoms with Crippen LogP contribution in [-0.4, -0.2) is 10.9 Å². The van der Waals surface area contributed by atoms with Gasteiger partial charge < -0.3 is 23.9 Å². The third kappa shape index (κ3) is 7.88. The maximum Gasteiger partial charge on any atom is 0.238 e. The van der Waals surface area contributed by atoms with Crippen molar-refractivity contribution in [1.82, 2.24) is 4.98 Å². The van der Waals surface area contributed by atoms with Gasteiger partial charge >= 0.3 is 0 Å². The second-order valence-corrected chi connectivity index (χ2v) is 13.1. The SMILES string of the molecule is [C-]#[N+]c1ccc(Oc2[nH]c(/C(=C3\N=C(Oc4ccc(C#N)cc4)C(Br)=C3Oc3ccc(C#N)cc3)c3ccccc3)c(Oc3ccc([N+]#[C-])cc3)c2Br)cc1. The number of hydrogen-bond acceptors (Lipinski definition) is 7. The van der Waals surface area contributed by atoms with Crippen LogP contribution in [-0.2, 0) is 0 Å². The van der Waals surface area contributed by atoms with Gasteiger partial charge in [0.2, 0.25) is 11.8 Å². The van der Waals surface area contributed by atoms with Crippen LogP contribution in [0.1, 0.15) is 22.4 Å². The number of nitrogens with one attached hydrogen (secondary N) is 1. The highest BCUT2D eigenvalue weighted by molar-refractivity contribution is 9.12. The minimum Gasteiger partial charge on any atom is -0.454 e. The van der Waals surface area contributed by atoms with E-state index in [9.17, 15) is 10.5 Å². The first-order valence-corrected chi connectivity index (χ1v) is 17.8. The summed E-state index contributed by atoms with van der Waals surface area (Å²) >= 11 is 7.42. The number of H-pyrrole nitrogens is 1. The lowest BCUT2D eigenvalue weighted by molar-refractivity contribution is 0.437. The van der Waals surface area contributed by atoms with E-state index >= 15 is 0 Å². The van der Waals surface area contributed by atoms with Crippen molar-refractivity contribution in [3.8, 4) is 46.8 Å². The van der Waals surface area contributed by atoms with E-state index in [4.69, 9.17) is 37.1 Å². The number of halogens is 2. The number of hydrogen-bond donors (Lipinski definition) is 1. The molecule has 0 saturated carbocycles. The Labute approximate surface area is 332 Å². The van der Waals surface area contributed by atoms with Gasteiger partial charge in [-0.1, -0.05) is 54.6 Å². The molecule has 10 nitrogen and oxygen atoms in total. The van der Waals surface area contributed by atoms with Gasteiger partial charge in [0.05, 0.1) is 42.1 Å². The summed E-state index contributed by atoms with van der Waals surface area (Å²) in [6.45, 7) is 14.7. The summed E-state index contributed by atoms with van der Waals surface area (Å²) in [6.07, 6.45) is 0. The maximum atomic E-state index is 9.41. The van der Waals surface area contributed by atoms with E-state index in [1.165, 1.54) is 0 Å². The van der Waals surface area contributed by atoms with Crippen LogP contribution in [0.4, 0.5) is 11.4 Å². The predicted octanol–water partition coefficient (Wildman–Crippen LogP) is 12.1. The standard InChI is InChI=1S/C43H22Br2N6O4/c1-48-29-12-20-32(21-13-29)53-41-37(45)43(55-34-22-14-30(49-2)15-23-34)51-39(41)35(28-6-4-3-5-7-28)38-40(52-31-16-8-26(24-46)9-17-31)36(44)42(50-38)54-33-18-10-27(25-47)11-19-33/h3-23,51H/b38-35-. The molecule has 1 N–H and O–H groups in total. The van der Waals surface area contributed by atoms with Gasteiger partial charge in [0, 0.05) is 5.57 Å². The largest absolute Gasteiger partial charge is 0.454 e. The van der Waals surface area contributed by atoms with E-state index in [0.717, 1.165) is 5.56 Å². The third-order valence-electron chi connectivity index (χ3n) is 8.00. The van der Waals surface area contributed by atoms with Crippen molar-refractivity contribution in [1.29, 1.82) is 10.5 Å². The van der Waals surface area contributed by atoms with E-state index in [1.54, 1.807) is 97.1 Å². The van der Waals surface area contributed by atoms with E-state index in [2.05, 4.69) is 58.7 Å². The molecule has 1 aliphatic heterocycles. The minimum atomic E-state index is 0.177. The van der Waals surface area contributed by atoms with Crippen LogP contribution < -0.4 is 18.9 Å². The molecule has 262 valence electrons. The second kappa shape index (κ2) is 16.1. The normalized spacial score (nSPS) is 12.7. The van der Waals surface area contributed by atoms with Crippen molar-refractivity contribution in [3.05, 3.63) is 193 Å². The number of aromatic nitrogens is 1. The summed E-state index contributed by atoms with van der Waals surface area (Å²) in [6, 6.07) is 40.4. The Hall–Kier alpha value is -7.35. The Bertz CT molecular complexity index is 2680. The summed E-state index contributed by atoms with van der Waals surface area (Å²) in [5.41, 5.74) is 3.90. The lowest BCUT2D eigenvalue weighted by atomic mass is 9.99. The van der Waals surface area contributed by atoms with Crippen LogP contribution in [0.15, 0.2) is 153 Å². The van der Waals surface area contributed by atoms with Crippen molar-refractivity contribution < 1.29 is 18.9 Å². The summed E-state index contributed by atoms with van der Waals surface area (Å²) < 4.78 is 26.5. The highest BCUT2D eigenvalue weighted by Gasteiger charge is 2.33. The average molecular weight is 846 g/mol. The summed E-state index contributed by atoms with van der Waals surface area (Å²) in [5.74, 6) is 2.88. The number of rotatable bonds is 9. The number of aliphatic imine (C=N–C) groups is 1. The molecule has 0 radical (unpaired) electrons. The number of ether oxygens (including phenoxy) is 4. The van der Waals surface area contributed by atoms with E-state index in [1.807, 2.05) is 30.3 Å². The Morgan fingerprint density at radius 1 is 0.618 bits per heavy atom. The van der Waals surface area contributed by atoms with Gasteiger partial charge in [-0.15, -0.1) is 0 Å². The molecule has 2 heterocycles. The van der Waals surface area contributed by atoms with Gasteiger partial charge in [-0.05, 0) is 110 Å². The zero-order valence-corrected chi connectivity index (χ0v) is 31.4. The van der Waals surface area contributed by atoms with Crippen LogP contribution in [0, 0.1) is 35.8 Å². The fraction of sp³-hybridized carbons (Fsp3) is 0. The van der Waals surface area contributed by atoms with Crippen LogP contribution in [0.5, 0.6) is 34.6 Å². The molecule has 0 unspecified atom stereocenters. The molecule has 1 aromatic heterocycles. The van der Waals surface area contributed by atoms with Crippen molar-refractivity contribution >= 4 is 54.7 Å². The molecule has 7 rings (SSSR count). The molecular formula is C43H22Br2N6O4. The van der Waals surface area contributed by atoms with Gasteiger partial charge in [-0.3, -0.25) is 0 Å². The first-order valence-electron chi connectivity index (χ1n) is 16.2. The number of nitrogens with zero attached hydrogens (tertiary/aromatic N) is 5. The number of nitriles is 2. The van der Waals surface area contributed by atoms with Crippen LogP contribution in [0.25, 0.3) is 15.3 Å². The predicted molar refractivity (Wildman–Crippen MR) is 213 cm³/mol. The molecule has 0 atom stereocenters. The van der Waals surface area contributed by atoms with E-state index in [-0.39, 0.29) is 5.90 Å². The average Bonchev–Trinajstić information content (AvgIpc) is 3.69. The van der Waals surface area contributed by atoms with Gasteiger partial charge in [0.15, 0.2) is 22.9 Å². The molecule has 55 heavy (non-hydrogen) atoms. The van der Waals surface area contributed by atoms with Crippen LogP contribution >= 0.6 is 31.9 Å². The Morgan fingerprint density at radius 3 is 1.64 bits per heavy atom. The summed E-state index contributed by atoms with van der Waals surface area (Å²) in [4.78, 5) is 15.4. The fourth-order valence-electron chi connectivity index (χ4n) is 5.35. The zero-order valence-electron chi connectivity index (χ0n) is 28.2. The molecule has 12 heteroatoms. The fourth-order valence-corrected chi connectivity index (χ4v) is 6.25. The maximum absolute atomic E-state index is 9.41. The van der Waals surface area contributed by atoms with Gasteiger partial charge in [-0.2, -0.15) is 10.5 Å². The molecule has 5 aromatic carbocycles. The molecule has 0 spiro atoms. The quantitative estimate of drug-likeness (QED) is 0.145. The monoisotopic (exact) mass is 844 g/mol. The smallest absolute Gasteiger partial charge is 0.238 e. The second-order valence-electron chi connectivity index (χ2n) is 11.5.